The number of carbonyl (C=O) groups is 1. The maximum atomic E-state index is 12.5. The van der Waals surface area contributed by atoms with Crippen LogP contribution in [0.25, 0.3) is 10.8 Å². The summed E-state index contributed by atoms with van der Waals surface area (Å²) in [6.07, 6.45) is 3.46. The van der Waals surface area contributed by atoms with Crippen molar-refractivity contribution in [3.8, 4) is 5.75 Å². The van der Waals surface area contributed by atoms with E-state index in [4.69, 9.17) is 27.5 Å². The van der Waals surface area contributed by atoms with Crippen molar-refractivity contribution in [3.63, 3.8) is 0 Å². The van der Waals surface area contributed by atoms with Gasteiger partial charge in [-0.25, -0.2) is 0 Å². The lowest BCUT2D eigenvalue weighted by molar-refractivity contribution is -0.140. The van der Waals surface area contributed by atoms with Crippen LogP contribution in [-0.4, -0.2) is 18.5 Å². The first-order chi connectivity index (χ1) is 12.0. The predicted octanol–water partition coefficient (Wildman–Crippen LogP) is 4.11. The van der Waals surface area contributed by atoms with Crippen LogP contribution in [0, 0.1) is 17.2 Å². The van der Waals surface area contributed by atoms with E-state index in [1.54, 1.807) is 12.1 Å². The Kier molecular flexibility index (Phi) is 7.12. The molecule has 1 saturated carbocycles. The lowest BCUT2D eigenvalue weighted by atomic mass is 9.82. The third-order valence-electron chi connectivity index (χ3n) is 4.80. The molecule has 0 atom stereocenters. The minimum Gasteiger partial charge on any atom is -0.426 e. The van der Waals surface area contributed by atoms with E-state index >= 15 is 0 Å². The van der Waals surface area contributed by atoms with Crippen LogP contribution in [0.1, 0.15) is 25.7 Å². The molecule has 0 heterocycles. The van der Waals surface area contributed by atoms with Crippen LogP contribution in [0.4, 0.5) is 0 Å². The number of ether oxygens (including phenoxy) is 1. The van der Waals surface area contributed by atoms with E-state index in [0.717, 1.165) is 36.5 Å². The van der Waals surface area contributed by atoms with Crippen molar-refractivity contribution in [2.45, 2.75) is 25.7 Å². The van der Waals surface area contributed by atoms with E-state index in [0.29, 0.717) is 23.2 Å². The molecule has 3 rings (SSSR count). The van der Waals surface area contributed by atoms with Gasteiger partial charge in [0.15, 0.2) is 5.96 Å². The van der Waals surface area contributed by atoms with E-state index < -0.39 is 0 Å². The summed E-state index contributed by atoms with van der Waals surface area (Å²) in [5.41, 5.74) is 5.32. The highest BCUT2D eigenvalue weighted by atomic mass is 35.5. The van der Waals surface area contributed by atoms with Gasteiger partial charge in [0.1, 0.15) is 5.75 Å². The zero-order valence-electron chi connectivity index (χ0n) is 14.3. The molecular weight excluding hydrogens is 373 g/mol. The third kappa shape index (κ3) is 4.80. The van der Waals surface area contributed by atoms with Crippen molar-refractivity contribution in [3.05, 3.63) is 41.4 Å². The zero-order chi connectivity index (χ0) is 17.8. The molecule has 5 nitrogen and oxygen atoms in total. The lowest BCUT2D eigenvalue weighted by Gasteiger charge is -2.27. The molecule has 0 amide bonds. The molecule has 7 heteroatoms. The number of halogens is 2. The Morgan fingerprint density at radius 3 is 2.46 bits per heavy atom. The number of fused-ring (bicyclic) bond motifs is 1. The summed E-state index contributed by atoms with van der Waals surface area (Å²) in [4.78, 5) is 12.5. The highest BCUT2D eigenvalue weighted by molar-refractivity contribution is 6.35. The smallest absolute Gasteiger partial charge is 0.314 e. The Morgan fingerprint density at radius 1 is 1.15 bits per heavy atom. The average molecular weight is 396 g/mol. The van der Waals surface area contributed by atoms with E-state index in [9.17, 15) is 4.79 Å². The van der Waals surface area contributed by atoms with Crippen LogP contribution in [0.3, 0.4) is 0 Å². The van der Waals surface area contributed by atoms with Crippen LogP contribution in [-0.2, 0) is 4.79 Å². The fourth-order valence-corrected chi connectivity index (χ4v) is 3.60. The normalized spacial score (nSPS) is 19.4. The summed E-state index contributed by atoms with van der Waals surface area (Å²) < 4.78 is 5.69. The summed E-state index contributed by atoms with van der Waals surface area (Å²) >= 11 is 6.21. The number of esters is 1. The van der Waals surface area contributed by atoms with Crippen LogP contribution in [0.5, 0.6) is 5.75 Å². The monoisotopic (exact) mass is 395 g/mol. The van der Waals surface area contributed by atoms with Crippen molar-refractivity contribution in [1.82, 2.24) is 5.32 Å². The standard InChI is InChI=1S/C19H22ClN3O2.ClH/c20-16-9-10-17(15-4-2-1-3-14(15)16)25-18(24)13-7-5-12(6-8-13)11-23-19(21)22;/h1-4,9-10,12-13H,5-8,11H2,(H4,21,22,23);1H/t12-,13-;. The highest BCUT2D eigenvalue weighted by Gasteiger charge is 2.28. The van der Waals surface area contributed by atoms with E-state index in [-0.39, 0.29) is 30.3 Å². The Bertz CT molecular complexity index is 789. The first-order valence-corrected chi connectivity index (χ1v) is 8.89. The minimum absolute atomic E-state index is 0. The second-order valence-electron chi connectivity index (χ2n) is 6.52. The van der Waals surface area contributed by atoms with Gasteiger partial charge in [0.25, 0.3) is 0 Å². The largest absolute Gasteiger partial charge is 0.426 e. The summed E-state index contributed by atoms with van der Waals surface area (Å²) in [7, 11) is 0. The molecule has 26 heavy (non-hydrogen) atoms. The van der Waals surface area contributed by atoms with Gasteiger partial charge in [-0.05, 0) is 43.7 Å². The predicted molar refractivity (Wildman–Crippen MR) is 107 cm³/mol. The molecule has 0 saturated heterocycles. The molecule has 0 unspecified atom stereocenters. The fourth-order valence-electron chi connectivity index (χ4n) is 3.37. The number of rotatable bonds is 4. The second kappa shape index (κ2) is 9.10. The maximum Gasteiger partial charge on any atom is 0.314 e. The number of hydrogen-bond donors (Lipinski definition) is 3. The second-order valence-corrected chi connectivity index (χ2v) is 6.93. The van der Waals surface area contributed by atoms with Gasteiger partial charge in [-0.1, -0.05) is 35.9 Å². The van der Waals surface area contributed by atoms with E-state index in [1.807, 2.05) is 24.3 Å². The molecule has 1 fully saturated rings. The first-order valence-electron chi connectivity index (χ1n) is 8.51. The lowest BCUT2D eigenvalue weighted by Crippen LogP contribution is -2.36. The van der Waals surface area contributed by atoms with E-state index in [2.05, 4.69) is 5.32 Å². The first kappa shape index (κ1) is 20.3. The molecular formula is C19H23Cl2N3O2. The molecule has 0 aromatic heterocycles. The van der Waals surface area contributed by atoms with Gasteiger partial charge in [-0.3, -0.25) is 10.2 Å². The van der Waals surface area contributed by atoms with Crippen molar-refractivity contribution >= 4 is 46.7 Å². The Balaban J connectivity index is 0.00000243. The number of nitrogens with one attached hydrogen (secondary N) is 2. The third-order valence-corrected chi connectivity index (χ3v) is 5.13. The molecule has 1 aliphatic rings. The number of guanidine groups is 1. The molecule has 0 bridgehead atoms. The number of hydrogen-bond acceptors (Lipinski definition) is 3. The van der Waals surface area contributed by atoms with Gasteiger partial charge in [0.2, 0.25) is 0 Å². The maximum absolute atomic E-state index is 12.5. The average Bonchev–Trinajstić information content (AvgIpc) is 2.63. The van der Waals surface area contributed by atoms with Gasteiger partial charge in [0, 0.05) is 22.3 Å². The summed E-state index contributed by atoms with van der Waals surface area (Å²) in [5, 5.41) is 12.4. The number of nitrogens with two attached hydrogens (primary N) is 1. The van der Waals surface area contributed by atoms with Crippen LogP contribution in [0.15, 0.2) is 36.4 Å². The topological polar surface area (TPSA) is 88.2 Å². The van der Waals surface area contributed by atoms with Gasteiger partial charge in [-0.2, -0.15) is 0 Å². The molecule has 2 aromatic rings. The quantitative estimate of drug-likeness (QED) is 0.314. The van der Waals surface area contributed by atoms with Crippen molar-refractivity contribution in [2.24, 2.45) is 17.6 Å². The van der Waals surface area contributed by atoms with Crippen LogP contribution < -0.4 is 15.8 Å². The van der Waals surface area contributed by atoms with Crippen molar-refractivity contribution in [1.29, 1.82) is 5.41 Å². The number of carbonyl (C=O) groups excluding carboxylic acids is 1. The van der Waals surface area contributed by atoms with E-state index in [1.165, 1.54) is 0 Å². The molecule has 0 radical (unpaired) electrons. The van der Waals surface area contributed by atoms with Crippen LogP contribution in [0.2, 0.25) is 5.02 Å². The van der Waals surface area contributed by atoms with Gasteiger partial charge >= 0.3 is 5.97 Å². The van der Waals surface area contributed by atoms with Gasteiger partial charge in [-0.15, -0.1) is 12.4 Å². The number of benzene rings is 2. The SMILES string of the molecule is Cl.N=C(N)NC[C@H]1CC[C@H](C(=O)Oc2ccc(Cl)c3ccccc23)CC1. The summed E-state index contributed by atoms with van der Waals surface area (Å²) in [6.45, 7) is 0.693. The van der Waals surface area contributed by atoms with Crippen molar-refractivity contribution in [2.75, 3.05) is 6.54 Å². The van der Waals surface area contributed by atoms with Gasteiger partial charge < -0.3 is 15.8 Å². The highest BCUT2D eigenvalue weighted by Crippen LogP contribution is 2.34. The molecule has 1 aliphatic carbocycles. The summed E-state index contributed by atoms with van der Waals surface area (Å²) in [5.74, 6) is 0.749. The molecule has 140 valence electrons. The molecule has 4 N–H and O–H groups in total. The molecule has 0 spiro atoms. The molecule has 2 aromatic carbocycles. The summed E-state index contributed by atoms with van der Waals surface area (Å²) in [6, 6.07) is 11.2. The van der Waals surface area contributed by atoms with Crippen LogP contribution >= 0.6 is 24.0 Å². The fraction of sp³-hybridized carbons (Fsp3) is 0.368. The minimum atomic E-state index is -0.176. The Hall–Kier alpha value is -1.98. The molecule has 0 aliphatic heterocycles. The van der Waals surface area contributed by atoms with Gasteiger partial charge in [0.05, 0.1) is 5.92 Å². The Morgan fingerprint density at radius 2 is 1.81 bits per heavy atom. The zero-order valence-corrected chi connectivity index (χ0v) is 15.9. The Labute approximate surface area is 164 Å². The van der Waals surface area contributed by atoms with Crippen molar-refractivity contribution < 1.29 is 9.53 Å².